The molecular weight excluding hydrogens is 975 g/mol. The summed E-state index contributed by atoms with van der Waals surface area (Å²) in [5.41, 5.74) is 6.82. The third-order valence-electron chi connectivity index (χ3n) is 15.1. The van der Waals surface area contributed by atoms with Crippen LogP contribution in [0.15, 0.2) is 181 Å². The molecule has 77 heavy (non-hydrogen) atoms. The van der Waals surface area contributed by atoms with Gasteiger partial charge >= 0.3 is 0 Å². The lowest BCUT2D eigenvalue weighted by Crippen LogP contribution is -2.70. The Balaban J connectivity index is 1.14. The zero-order valence-electron chi connectivity index (χ0n) is 42.9. The first kappa shape index (κ1) is 52.4. The molecule has 2 N–H and O–H groups in total. The number of aliphatic hydroxyl groups is 2. The molecule has 6 aromatic rings. The van der Waals surface area contributed by atoms with E-state index in [-0.39, 0.29) is 75.5 Å². The van der Waals surface area contributed by atoms with E-state index in [1.54, 1.807) is 29.2 Å². The second kappa shape index (κ2) is 24.3. The van der Waals surface area contributed by atoms with Gasteiger partial charge in [-0.3, -0.25) is 14.9 Å². The molecule has 1 fully saturated rings. The second-order valence-electron chi connectivity index (χ2n) is 19.9. The fourth-order valence-corrected chi connectivity index (χ4v) is 11.5. The maximum Gasteiger partial charge on any atom is 0.269 e. The fraction of sp³-hybridized carbons (Fsp3) is 0.302. The number of amides is 1. The summed E-state index contributed by atoms with van der Waals surface area (Å²) < 4.78 is 33.0. The van der Waals surface area contributed by atoms with Crippen molar-refractivity contribution in [1.82, 2.24) is 4.90 Å². The molecule has 396 valence electrons. The van der Waals surface area contributed by atoms with Crippen molar-refractivity contribution in [3.8, 4) is 39.9 Å². The van der Waals surface area contributed by atoms with Crippen LogP contribution >= 0.6 is 0 Å². The minimum absolute atomic E-state index is 0.00141. The first-order valence-corrected chi connectivity index (χ1v) is 26.4. The number of fused-ring (bicyclic) bond motifs is 3. The number of hydrogen-bond acceptors (Lipinski definition) is 12. The van der Waals surface area contributed by atoms with Crippen LogP contribution in [0.2, 0.25) is 0 Å². The molecule has 1 saturated carbocycles. The third-order valence-corrected chi connectivity index (χ3v) is 15.1. The summed E-state index contributed by atoms with van der Waals surface area (Å²) in [7, 11) is 0. The summed E-state index contributed by atoms with van der Waals surface area (Å²) in [6.45, 7) is 4.63. The van der Waals surface area contributed by atoms with Crippen LogP contribution in [0, 0.1) is 27.9 Å². The van der Waals surface area contributed by atoms with Crippen molar-refractivity contribution in [2.75, 3.05) is 26.6 Å². The van der Waals surface area contributed by atoms with Crippen LogP contribution in [0.25, 0.3) is 17.2 Å². The van der Waals surface area contributed by atoms with Crippen LogP contribution < -0.4 is 18.9 Å². The van der Waals surface area contributed by atoms with E-state index in [1.807, 2.05) is 103 Å². The highest BCUT2D eigenvalue weighted by molar-refractivity contribution is 6.03. The van der Waals surface area contributed by atoms with Crippen LogP contribution in [-0.4, -0.2) is 70.1 Å². The Morgan fingerprint density at radius 2 is 1.49 bits per heavy atom. The number of carbonyl (C=O) groups is 1. The van der Waals surface area contributed by atoms with Crippen LogP contribution in [0.5, 0.6) is 28.7 Å². The summed E-state index contributed by atoms with van der Waals surface area (Å²) in [5, 5.41) is 36.9. The Hall–Kier alpha value is -8.04. The van der Waals surface area contributed by atoms with E-state index in [0.29, 0.717) is 52.9 Å². The van der Waals surface area contributed by atoms with E-state index in [1.165, 1.54) is 18.2 Å². The van der Waals surface area contributed by atoms with E-state index in [0.717, 1.165) is 59.1 Å². The Kier molecular flexibility index (Phi) is 16.5. The van der Waals surface area contributed by atoms with E-state index in [9.17, 15) is 20.3 Å². The molecule has 4 aliphatic rings. The van der Waals surface area contributed by atoms with Crippen LogP contribution in [0.1, 0.15) is 73.1 Å². The summed E-state index contributed by atoms with van der Waals surface area (Å²) >= 11 is 0. The number of nitrogens with zero attached hydrogens (tertiary/aromatic N) is 3. The Bertz CT molecular complexity index is 3110. The summed E-state index contributed by atoms with van der Waals surface area (Å²) in [6.07, 6.45) is 11.6. The summed E-state index contributed by atoms with van der Waals surface area (Å²) in [4.78, 5) is 34.7. The number of ether oxygens (including phenoxy) is 5. The lowest BCUT2D eigenvalue weighted by atomic mass is 9.55. The van der Waals surface area contributed by atoms with Crippen LogP contribution in [-0.2, 0) is 27.5 Å². The average Bonchev–Trinajstić information content (AvgIpc) is 4.09. The highest BCUT2D eigenvalue weighted by atomic mass is 16.7. The van der Waals surface area contributed by atoms with Gasteiger partial charge in [0.05, 0.1) is 23.2 Å². The SMILES string of the molecule is C=CCO[C@@]12Oc3ccc(Oc4ccc(-c5ccccc5)cc4)cc3[C@H]3[C@H](CCCCO)[C@@H](CCCCO)C=C(C(=NOCc4ccccc4)C[C@@H]1N(Cc1ccc4c(c1)OCO4)C(=O)C=Cc1ccc([N+](=O)[O-])cc1)[C@H]32. The second-order valence-corrected chi connectivity index (χ2v) is 19.9. The van der Waals surface area contributed by atoms with Gasteiger partial charge < -0.3 is 43.6 Å². The standard InChI is InChI=1S/C63H63N3O11/c1-2-35-74-63-59(65(40-45-21-30-57-58(36-45)73-42-72-57)60(69)32-22-43-19-25-49(26-20-43)66(70)71)39-55(64-75-41-44-13-5-3-6-14-44)53-37-48(17-9-11-33-67)52(18-10-12-34-68)61(62(53)63)54-38-51(29-31-56(54)77-63)76-50-27-23-47(24-28-50)46-15-7-4-8-16-46/h2-8,13-16,19-32,36-38,48,52,59,61-62,67-68H,1,9-12,17-18,33-35,39-42H2/t48-,52+,59-,61+,62+,63+/m0/s1. The number of aliphatic hydroxyl groups excluding tert-OH is 2. The van der Waals surface area contributed by atoms with E-state index in [2.05, 4.69) is 30.9 Å². The van der Waals surface area contributed by atoms with Gasteiger partial charge in [0.25, 0.3) is 5.69 Å². The molecule has 14 nitrogen and oxygen atoms in total. The maximum absolute atomic E-state index is 15.5. The molecule has 0 unspecified atom stereocenters. The minimum atomic E-state index is -1.57. The predicted molar refractivity (Wildman–Crippen MR) is 293 cm³/mol. The number of oxime groups is 1. The molecular formula is C63H63N3O11. The van der Waals surface area contributed by atoms with Gasteiger partial charge in [-0.15, -0.1) is 6.58 Å². The normalized spacial score (nSPS) is 21.4. The molecule has 2 heterocycles. The number of hydrogen-bond donors (Lipinski definition) is 2. The first-order chi connectivity index (χ1) is 37.7. The summed E-state index contributed by atoms with van der Waals surface area (Å²) in [6, 6.07) is 44.7. The number of nitro benzene ring substituents is 1. The molecule has 2 aliphatic carbocycles. The van der Waals surface area contributed by atoms with Crippen LogP contribution in [0.4, 0.5) is 5.69 Å². The van der Waals surface area contributed by atoms with Gasteiger partial charge in [-0.25, -0.2) is 0 Å². The van der Waals surface area contributed by atoms with Crippen molar-refractivity contribution in [1.29, 1.82) is 0 Å². The van der Waals surface area contributed by atoms with Gasteiger partial charge in [-0.2, -0.15) is 0 Å². The number of unbranched alkanes of at least 4 members (excludes halogenated alkanes) is 2. The molecule has 2 aliphatic heterocycles. The predicted octanol–water partition coefficient (Wildman–Crippen LogP) is 12.4. The van der Waals surface area contributed by atoms with Crippen LogP contribution in [0.3, 0.4) is 0 Å². The smallest absolute Gasteiger partial charge is 0.269 e. The van der Waals surface area contributed by atoms with Crippen molar-refractivity contribution >= 4 is 23.4 Å². The molecule has 1 amide bonds. The first-order valence-electron chi connectivity index (χ1n) is 26.4. The van der Waals surface area contributed by atoms with E-state index in [4.69, 9.17) is 33.7 Å². The molecule has 14 heteroatoms. The number of benzene rings is 6. The van der Waals surface area contributed by atoms with E-state index >= 15 is 4.79 Å². The van der Waals surface area contributed by atoms with E-state index < -0.39 is 22.7 Å². The molecule has 0 bridgehead atoms. The van der Waals surface area contributed by atoms with Gasteiger partial charge in [0, 0.05) is 55.9 Å². The Morgan fingerprint density at radius 1 is 0.792 bits per heavy atom. The molecule has 6 atom stereocenters. The topological polar surface area (TPSA) is 172 Å². The monoisotopic (exact) mass is 1040 g/mol. The number of carbonyl (C=O) groups excluding carboxylic acids is 1. The highest BCUT2D eigenvalue weighted by Gasteiger charge is 2.65. The molecule has 0 radical (unpaired) electrons. The maximum atomic E-state index is 15.5. The van der Waals surface area contributed by atoms with Gasteiger partial charge in [-0.1, -0.05) is 109 Å². The van der Waals surface area contributed by atoms with Gasteiger partial charge in [0.15, 0.2) is 11.5 Å². The van der Waals surface area contributed by atoms with Gasteiger partial charge in [-0.05, 0) is 132 Å². The zero-order chi connectivity index (χ0) is 53.1. The van der Waals surface area contributed by atoms with Crippen molar-refractivity contribution in [2.24, 2.45) is 22.9 Å². The lowest BCUT2D eigenvalue weighted by molar-refractivity contribution is -0.384. The van der Waals surface area contributed by atoms with Crippen molar-refractivity contribution in [2.45, 2.75) is 75.8 Å². The van der Waals surface area contributed by atoms with Gasteiger partial charge in [0.2, 0.25) is 18.5 Å². The Morgan fingerprint density at radius 3 is 2.23 bits per heavy atom. The highest BCUT2D eigenvalue weighted by Crippen LogP contribution is 2.62. The Labute approximate surface area is 448 Å². The average molecular weight is 1040 g/mol. The quantitative estimate of drug-likeness (QED) is 0.0206. The van der Waals surface area contributed by atoms with Gasteiger partial charge in [0.1, 0.15) is 29.9 Å². The number of nitro groups is 1. The fourth-order valence-electron chi connectivity index (χ4n) is 11.5. The van der Waals surface area contributed by atoms with Crippen molar-refractivity contribution in [3.63, 3.8) is 0 Å². The third kappa shape index (κ3) is 11.7. The minimum Gasteiger partial charge on any atom is -0.459 e. The lowest BCUT2D eigenvalue weighted by Gasteiger charge is -2.60. The molecule has 6 aromatic carbocycles. The summed E-state index contributed by atoms with van der Waals surface area (Å²) in [5.74, 6) is 0.124. The number of rotatable bonds is 23. The molecule has 0 spiro atoms. The molecule has 0 aromatic heterocycles. The molecule has 0 saturated heterocycles. The number of non-ortho nitro benzene ring substituents is 1. The number of allylic oxidation sites excluding steroid dienone is 1. The molecule has 10 rings (SSSR count). The zero-order valence-corrected chi connectivity index (χ0v) is 42.9. The van der Waals surface area contributed by atoms with Crippen molar-refractivity contribution < 1.29 is 48.5 Å². The van der Waals surface area contributed by atoms with Crippen molar-refractivity contribution in [3.05, 3.63) is 208 Å². The largest absolute Gasteiger partial charge is 0.459 e.